The van der Waals surface area contributed by atoms with Crippen LogP contribution in [0.15, 0.2) is 24.3 Å². The molecule has 0 saturated carbocycles. The predicted molar refractivity (Wildman–Crippen MR) is 90.3 cm³/mol. The molecule has 0 bridgehead atoms. The minimum absolute atomic E-state index is 0.0333. The molecule has 1 aromatic carbocycles. The summed E-state index contributed by atoms with van der Waals surface area (Å²) in [4.78, 5) is 15.9. The Morgan fingerprint density at radius 3 is 2.67 bits per heavy atom. The molecule has 1 atom stereocenters. The van der Waals surface area contributed by atoms with E-state index in [0.29, 0.717) is 46.1 Å². The Morgan fingerprint density at radius 1 is 1.17 bits per heavy atom. The first-order chi connectivity index (χ1) is 11.7. The molecule has 0 radical (unpaired) electrons. The van der Waals surface area contributed by atoms with Gasteiger partial charge in [-0.3, -0.25) is 4.90 Å². The van der Waals surface area contributed by atoms with E-state index >= 15 is 0 Å². The van der Waals surface area contributed by atoms with Crippen LogP contribution in [0, 0.1) is 0 Å². The fourth-order valence-electron chi connectivity index (χ4n) is 2.88. The molecule has 2 aliphatic heterocycles. The van der Waals surface area contributed by atoms with Crippen LogP contribution < -0.4 is 0 Å². The van der Waals surface area contributed by atoms with E-state index in [2.05, 4.69) is 4.90 Å². The van der Waals surface area contributed by atoms with Crippen molar-refractivity contribution in [3.63, 3.8) is 0 Å². The van der Waals surface area contributed by atoms with Crippen LogP contribution in [0.2, 0.25) is 5.02 Å². The van der Waals surface area contributed by atoms with Crippen LogP contribution in [-0.4, -0.2) is 75.0 Å². The molecule has 24 heavy (non-hydrogen) atoms. The number of benzene rings is 1. The van der Waals surface area contributed by atoms with Crippen molar-refractivity contribution in [2.75, 3.05) is 59.2 Å². The Labute approximate surface area is 147 Å². The summed E-state index contributed by atoms with van der Waals surface area (Å²) in [7, 11) is 0. The minimum atomic E-state index is -0.249. The Balaban J connectivity index is 1.42. The normalized spacial score (nSPS) is 22.4. The molecule has 1 aromatic rings. The molecular weight excluding hydrogens is 332 g/mol. The molecule has 2 saturated heterocycles. The average Bonchev–Trinajstić information content (AvgIpc) is 2.63. The van der Waals surface area contributed by atoms with Gasteiger partial charge in [0.25, 0.3) is 0 Å². The molecule has 0 aliphatic carbocycles. The fraction of sp³-hybridized carbons (Fsp3) is 0.588. The van der Waals surface area contributed by atoms with Gasteiger partial charge in [0.05, 0.1) is 25.9 Å². The molecule has 0 N–H and O–H groups in total. The zero-order valence-corrected chi connectivity index (χ0v) is 14.4. The number of rotatable bonds is 4. The topological polar surface area (TPSA) is 51.2 Å². The van der Waals surface area contributed by atoms with E-state index in [1.54, 1.807) is 4.90 Å². The van der Waals surface area contributed by atoms with Crippen molar-refractivity contribution < 1.29 is 19.0 Å². The second-order valence-corrected chi connectivity index (χ2v) is 6.36. The highest BCUT2D eigenvalue weighted by molar-refractivity contribution is 6.30. The Hall–Kier alpha value is -1.34. The van der Waals surface area contributed by atoms with Gasteiger partial charge in [-0.15, -0.1) is 0 Å². The molecule has 7 heteroatoms. The quantitative estimate of drug-likeness (QED) is 0.829. The molecule has 1 amide bonds. The maximum Gasteiger partial charge on any atom is 0.409 e. The van der Waals surface area contributed by atoms with E-state index in [-0.39, 0.29) is 12.2 Å². The van der Waals surface area contributed by atoms with Crippen LogP contribution in [0.3, 0.4) is 0 Å². The maximum atomic E-state index is 11.9. The van der Waals surface area contributed by atoms with Crippen molar-refractivity contribution in [3.05, 3.63) is 34.9 Å². The monoisotopic (exact) mass is 354 g/mol. The first-order valence-corrected chi connectivity index (χ1v) is 8.69. The van der Waals surface area contributed by atoms with Gasteiger partial charge in [-0.1, -0.05) is 23.7 Å². The van der Waals surface area contributed by atoms with Crippen LogP contribution in [0.1, 0.15) is 11.7 Å². The van der Waals surface area contributed by atoms with E-state index in [1.165, 1.54) is 0 Å². The summed E-state index contributed by atoms with van der Waals surface area (Å²) in [6.07, 6.45) is -0.216. The van der Waals surface area contributed by atoms with Crippen LogP contribution >= 0.6 is 11.6 Å². The van der Waals surface area contributed by atoms with Crippen LogP contribution in [0.5, 0.6) is 0 Å². The van der Waals surface area contributed by atoms with E-state index in [0.717, 1.165) is 23.7 Å². The molecule has 0 aromatic heterocycles. The standard InChI is InChI=1S/C17H23ClN2O4/c18-15-3-1-14(2-4-15)16-13-19(5-11-23-16)6-12-24-17(21)20-7-9-22-10-8-20/h1-4,16H,5-13H2. The van der Waals surface area contributed by atoms with Gasteiger partial charge >= 0.3 is 6.09 Å². The Bertz CT molecular complexity index is 534. The van der Waals surface area contributed by atoms with E-state index < -0.39 is 0 Å². The van der Waals surface area contributed by atoms with Gasteiger partial charge in [-0.2, -0.15) is 0 Å². The van der Waals surface area contributed by atoms with Crippen LogP contribution in [0.25, 0.3) is 0 Å². The number of hydrogen-bond acceptors (Lipinski definition) is 5. The van der Waals surface area contributed by atoms with Gasteiger partial charge in [0, 0.05) is 37.7 Å². The summed E-state index contributed by atoms with van der Waals surface area (Å²) < 4.78 is 16.4. The molecule has 6 nitrogen and oxygen atoms in total. The third-order valence-electron chi connectivity index (χ3n) is 4.29. The van der Waals surface area contributed by atoms with Gasteiger partial charge in [-0.25, -0.2) is 4.79 Å². The van der Waals surface area contributed by atoms with Crippen molar-refractivity contribution in [1.29, 1.82) is 0 Å². The Morgan fingerprint density at radius 2 is 1.92 bits per heavy atom. The molecule has 2 fully saturated rings. The van der Waals surface area contributed by atoms with Gasteiger partial charge < -0.3 is 19.1 Å². The summed E-state index contributed by atoms with van der Waals surface area (Å²) in [5.41, 5.74) is 1.12. The lowest BCUT2D eigenvalue weighted by Gasteiger charge is -2.33. The smallest absolute Gasteiger partial charge is 0.409 e. The number of amides is 1. The lowest BCUT2D eigenvalue weighted by Crippen LogP contribution is -2.43. The fourth-order valence-corrected chi connectivity index (χ4v) is 3.01. The van der Waals surface area contributed by atoms with Crippen LogP contribution in [-0.2, 0) is 14.2 Å². The second kappa shape index (κ2) is 8.67. The lowest BCUT2D eigenvalue weighted by molar-refractivity contribution is -0.0363. The number of morpholine rings is 2. The van der Waals surface area contributed by atoms with Crippen molar-refractivity contribution in [2.45, 2.75) is 6.10 Å². The molecular formula is C17H23ClN2O4. The maximum absolute atomic E-state index is 11.9. The van der Waals surface area contributed by atoms with Crippen molar-refractivity contribution >= 4 is 17.7 Å². The van der Waals surface area contributed by atoms with E-state index in [1.807, 2.05) is 24.3 Å². The highest BCUT2D eigenvalue weighted by Gasteiger charge is 2.23. The van der Waals surface area contributed by atoms with Crippen molar-refractivity contribution in [3.8, 4) is 0 Å². The van der Waals surface area contributed by atoms with Gasteiger partial charge in [0.2, 0.25) is 0 Å². The molecule has 0 spiro atoms. The zero-order valence-electron chi connectivity index (χ0n) is 13.7. The number of carbonyl (C=O) groups excluding carboxylic acids is 1. The number of carbonyl (C=O) groups is 1. The average molecular weight is 355 g/mol. The molecule has 3 rings (SSSR count). The zero-order chi connectivity index (χ0) is 16.8. The van der Waals surface area contributed by atoms with Crippen molar-refractivity contribution in [1.82, 2.24) is 9.80 Å². The number of halogens is 1. The summed E-state index contributed by atoms with van der Waals surface area (Å²) >= 11 is 5.93. The lowest BCUT2D eigenvalue weighted by atomic mass is 10.1. The first kappa shape index (κ1) is 17.5. The number of nitrogens with zero attached hydrogens (tertiary/aromatic N) is 2. The van der Waals surface area contributed by atoms with Crippen molar-refractivity contribution in [2.24, 2.45) is 0 Å². The second-order valence-electron chi connectivity index (χ2n) is 5.93. The van der Waals surface area contributed by atoms with Gasteiger partial charge in [-0.05, 0) is 17.7 Å². The summed E-state index contributed by atoms with van der Waals surface area (Å²) in [5.74, 6) is 0. The molecule has 1 unspecified atom stereocenters. The highest BCUT2D eigenvalue weighted by atomic mass is 35.5. The third kappa shape index (κ3) is 4.83. The summed E-state index contributed by atoms with van der Waals surface area (Å²) in [5, 5.41) is 0.724. The molecule has 2 aliphatic rings. The summed E-state index contributed by atoms with van der Waals surface area (Å²) in [6.45, 7) is 5.79. The van der Waals surface area contributed by atoms with E-state index in [4.69, 9.17) is 25.8 Å². The molecule has 132 valence electrons. The number of hydrogen-bond donors (Lipinski definition) is 0. The van der Waals surface area contributed by atoms with E-state index in [9.17, 15) is 4.79 Å². The largest absolute Gasteiger partial charge is 0.448 e. The third-order valence-corrected chi connectivity index (χ3v) is 4.55. The van der Waals surface area contributed by atoms with Gasteiger partial charge in [0.15, 0.2) is 0 Å². The number of ether oxygens (including phenoxy) is 3. The Kier molecular flexibility index (Phi) is 6.31. The SMILES string of the molecule is O=C(OCCN1CCOC(c2ccc(Cl)cc2)C1)N1CCOCC1. The van der Waals surface area contributed by atoms with Gasteiger partial charge in [0.1, 0.15) is 6.61 Å². The summed E-state index contributed by atoms with van der Waals surface area (Å²) in [6, 6.07) is 7.75. The highest BCUT2D eigenvalue weighted by Crippen LogP contribution is 2.23. The molecule has 2 heterocycles. The predicted octanol–water partition coefficient (Wildman–Crippen LogP) is 2.18. The minimum Gasteiger partial charge on any atom is -0.448 e. The van der Waals surface area contributed by atoms with Crippen LogP contribution in [0.4, 0.5) is 4.79 Å². The first-order valence-electron chi connectivity index (χ1n) is 8.31.